The Morgan fingerprint density at radius 1 is 1.26 bits per heavy atom. The zero-order valence-corrected chi connectivity index (χ0v) is 22.9. The molecule has 13 heteroatoms. The van der Waals surface area contributed by atoms with Crippen LogP contribution >= 0.6 is 0 Å². The van der Waals surface area contributed by atoms with Gasteiger partial charge < -0.3 is 25.7 Å². The van der Waals surface area contributed by atoms with Gasteiger partial charge in [0.25, 0.3) is 0 Å². The van der Waals surface area contributed by atoms with Crippen LogP contribution in [0.2, 0.25) is 0 Å². The number of benzene rings is 1. The van der Waals surface area contributed by atoms with E-state index in [1.165, 1.54) is 0 Å². The first-order valence-corrected chi connectivity index (χ1v) is 13.9. The molecule has 0 radical (unpaired) electrons. The highest BCUT2D eigenvalue weighted by Crippen LogP contribution is 2.60. The molecule has 2 aromatic heterocycles. The van der Waals surface area contributed by atoms with Crippen LogP contribution in [-0.4, -0.2) is 34.9 Å². The number of rotatable bonds is 8. The van der Waals surface area contributed by atoms with Gasteiger partial charge in [0.1, 0.15) is 12.1 Å². The molecular formula is C29H29F5N6O2. The first-order chi connectivity index (χ1) is 19.9. The van der Waals surface area contributed by atoms with Crippen molar-refractivity contribution in [1.29, 1.82) is 5.26 Å². The lowest BCUT2D eigenvalue weighted by molar-refractivity contribution is -0.275. The van der Waals surface area contributed by atoms with E-state index in [-0.39, 0.29) is 42.0 Å². The molecule has 3 fully saturated rings. The summed E-state index contributed by atoms with van der Waals surface area (Å²) in [4.78, 5) is 16.9. The van der Waals surface area contributed by atoms with Crippen molar-refractivity contribution in [3.05, 3.63) is 40.7 Å². The van der Waals surface area contributed by atoms with Gasteiger partial charge in [-0.3, -0.25) is 4.79 Å². The summed E-state index contributed by atoms with van der Waals surface area (Å²) in [6.07, 6.45) is -4.10. The standard InChI is InChI=1S/C29H29F5N6O2/c1-12(2)25-23-22(21-16-9-37-10-17(16)21)19(11-38-20(41)5-6-35)40(14-3-4-14)27(23)24(31)26(39-25)15-7-13(36)8-18(30)28(15)42-29(32,33)34/h7-8,12,14,16-17,21,37H,3-5,9-11,36H2,1-2H3,(H,38,41). The van der Waals surface area contributed by atoms with E-state index in [1.54, 1.807) is 0 Å². The van der Waals surface area contributed by atoms with E-state index >= 15 is 4.39 Å². The van der Waals surface area contributed by atoms with Crippen molar-refractivity contribution in [2.24, 2.45) is 11.8 Å². The van der Waals surface area contributed by atoms with Crippen LogP contribution in [0.5, 0.6) is 5.75 Å². The first kappa shape index (κ1) is 28.2. The Morgan fingerprint density at radius 2 is 1.95 bits per heavy atom. The Morgan fingerprint density at radius 3 is 2.55 bits per heavy atom. The maximum absolute atomic E-state index is 16.9. The van der Waals surface area contributed by atoms with Crippen LogP contribution < -0.4 is 21.1 Å². The number of fused-ring (bicyclic) bond motifs is 2. The summed E-state index contributed by atoms with van der Waals surface area (Å²) < 4.78 is 77.6. The van der Waals surface area contributed by atoms with E-state index in [2.05, 4.69) is 20.4 Å². The van der Waals surface area contributed by atoms with Crippen LogP contribution in [0.4, 0.5) is 27.6 Å². The average molecular weight is 589 g/mol. The number of amides is 1. The predicted octanol–water partition coefficient (Wildman–Crippen LogP) is 5.38. The molecule has 4 N–H and O–H groups in total. The smallest absolute Gasteiger partial charge is 0.402 e. The third-order valence-electron chi connectivity index (χ3n) is 8.37. The van der Waals surface area contributed by atoms with Crippen molar-refractivity contribution < 1.29 is 31.5 Å². The van der Waals surface area contributed by atoms with E-state index in [0.717, 1.165) is 37.6 Å². The fraction of sp³-hybridized carbons (Fsp3) is 0.483. The second kappa shape index (κ2) is 10.1. The number of pyridine rings is 1. The zero-order valence-electron chi connectivity index (χ0n) is 22.9. The monoisotopic (exact) mass is 588 g/mol. The van der Waals surface area contributed by atoms with Crippen molar-refractivity contribution in [2.45, 2.75) is 63.9 Å². The number of hydrogen-bond acceptors (Lipinski definition) is 6. The van der Waals surface area contributed by atoms with Crippen LogP contribution in [0.3, 0.4) is 0 Å². The molecule has 3 aromatic rings. The molecule has 42 heavy (non-hydrogen) atoms. The summed E-state index contributed by atoms with van der Waals surface area (Å²) in [6, 6.07) is 3.42. The molecule has 3 aliphatic rings. The Balaban J connectivity index is 1.65. The fourth-order valence-electron chi connectivity index (χ4n) is 6.51. The number of nitrogens with two attached hydrogens (primary N) is 1. The molecule has 1 aromatic carbocycles. The molecule has 1 aliphatic heterocycles. The van der Waals surface area contributed by atoms with Gasteiger partial charge >= 0.3 is 6.36 Å². The number of alkyl halides is 3. The Labute approximate surface area is 238 Å². The van der Waals surface area contributed by atoms with Crippen LogP contribution in [0.25, 0.3) is 22.2 Å². The lowest BCUT2D eigenvalue weighted by Crippen LogP contribution is -2.24. The van der Waals surface area contributed by atoms with E-state index in [9.17, 15) is 22.4 Å². The Bertz CT molecular complexity index is 1630. The number of ether oxygens (including phenoxy) is 1. The summed E-state index contributed by atoms with van der Waals surface area (Å²) in [6.45, 7) is 5.32. The number of anilines is 1. The van der Waals surface area contributed by atoms with Crippen LogP contribution in [-0.2, 0) is 11.3 Å². The molecule has 3 heterocycles. The third-order valence-corrected chi connectivity index (χ3v) is 8.37. The number of nitriles is 1. The molecular weight excluding hydrogens is 559 g/mol. The highest BCUT2D eigenvalue weighted by molar-refractivity contribution is 5.94. The minimum atomic E-state index is -5.25. The SMILES string of the molecule is CC(C)c1nc(-c2cc(N)cc(F)c2OC(F)(F)F)c(F)c2c1c(C1C3CNCC31)c(CNC(=O)CC#N)n2C1CC1. The van der Waals surface area contributed by atoms with Crippen LogP contribution in [0.1, 0.15) is 67.9 Å². The zero-order chi connectivity index (χ0) is 30.1. The fourth-order valence-corrected chi connectivity index (χ4v) is 6.51. The Kier molecular flexibility index (Phi) is 6.79. The molecule has 2 unspecified atom stereocenters. The summed E-state index contributed by atoms with van der Waals surface area (Å²) >= 11 is 0. The quantitative estimate of drug-likeness (QED) is 0.240. The van der Waals surface area contributed by atoms with Crippen molar-refractivity contribution in [3.8, 4) is 23.1 Å². The number of hydrogen-bond donors (Lipinski definition) is 3. The molecule has 0 spiro atoms. The molecule has 1 amide bonds. The molecule has 222 valence electrons. The summed E-state index contributed by atoms with van der Waals surface area (Å²) in [5, 5.41) is 15.7. The lowest BCUT2D eigenvalue weighted by atomic mass is 9.95. The highest BCUT2D eigenvalue weighted by atomic mass is 19.4. The van der Waals surface area contributed by atoms with Crippen molar-refractivity contribution in [1.82, 2.24) is 20.2 Å². The van der Waals surface area contributed by atoms with Gasteiger partial charge in [0.2, 0.25) is 5.91 Å². The van der Waals surface area contributed by atoms with Crippen LogP contribution in [0, 0.1) is 34.8 Å². The number of piperidine rings is 1. The first-order valence-electron chi connectivity index (χ1n) is 13.9. The van der Waals surface area contributed by atoms with Crippen molar-refractivity contribution in [3.63, 3.8) is 0 Å². The second-order valence-corrected chi connectivity index (χ2v) is 11.6. The lowest BCUT2D eigenvalue weighted by Gasteiger charge is -2.18. The minimum Gasteiger partial charge on any atom is -0.402 e. The average Bonchev–Trinajstić information content (AvgIpc) is 3.78. The second-order valence-electron chi connectivity index (χ2n) is 11.6. The molecule has 2 aliphatic carbocycles. The van der Waals surface area contributed by atoms with Crippen molar-refractivity contribution in [2.75, 3.05) is 18.8 Å². The van der Waals surface area contributed by atoms with Gasteiger partial charge in [-0.2, -0.15) is 5.26 Å². The summed E-state index contributed by atoms with van der Waals surface area (Å²) in [5.74, 6) is -3.59. The van der Waals surface area contributed by atoms with Gasteiger partial charge in [0.15, 0.2) is 17.4 Å². The van der Waals surface area contributed by atoms with Crippen LogP contribution in [0.15, 0.2) is 12.1 Å². The highest BCUT2D eigenvalue weighted by Gasteiger charge is 2.56. The number of carbonyl (C=O) groups excluding carboxylic acids is 1. The van der Waals surface area contributed by atoms with E-state index < -0.39 is 40.9 Å². The number of aromatic nitrogens is 2. The largest absolute Gasteiger partial charge is 0.573 e. The molecule has 1 saturated heterocycles. The molecule has 2 atom stereocenters. The predicted molar refractivity (Wildman–Crippen MR) is 143 cm³/mol. The Hall–Kier alpha value is -3.92. The van der Waals surface area contributed by atoms with Gasteiger partial charge in [0.05, 0.1) is 29.4 Å². The van der Waals surface area contributed by atoms with Gasteiger partial charge in [-0.05, 0) is 61.2 Å². The number of nitrogens with zero attached hydrogens (tertiary/aromatic N) is 3. The maximum atomic E-state index is 16.9. The number of halogens is 5. The molecule has 8 nitrogen and oxygen atoms in total. The van der Waals surface area contributed by atoms with E-state index in [1.807, 2.05) is 24.5 Å². The number of nitrogens with one attached hydrogen (secondary N) is 2. The number of nitrogen functional groups attached to an aromatic ring is 1. The topological polar surface area (TPSA) is 118 Å². The number of carbonyl (C=O) groups is 1. The van der Waals surface area contributed by atoms with Gasteiger partial charge in [-0.25, -0.2) is 13.8 Å². The minimum absolute atomic E-state index is 0.0477. The maximum Gasteiger partial charge on any atom is 0.573 e. The van der Waals surface area contributed by atoms with E-state index in [0.29, 0.717) is 34.7 Å². The summed E-state index contributed by atoms with van der Waals surface area (Å²) in [5.41, 5.74) is 6.70. The normalized spacial score (nSPS) is 21.5. The molecule has 6 rings (SSSR count). The molecule has 0 bridgehead atoms. The molecule has 2 saturated carbocycles. The summed E-state index contributed by atoms with van der Waals surface area (Å²) in [7, 11) is 0. The van der Waals surface area contributed by atoms with Crippen molar-refractivity contribution >= 4 is 22.5 Å². The van der Waals surface area contributed by atoms with Gasteiger partial charge in [-0.15, -0.1) is 13.2 Å². The van der Waals surface area contributed by atoms with Gasteiger partial charge in [0, 0.05) is 28.9 Å². The van der Waals surface area contributed by atoms with E-state index in [4.69, 9.17) is 11.0 Å². The van der Waals surface area contributed by atoms with Gasteiger partial charge in [-0.1, -0.05) is 13.8 Å². The third kappa shape index (κ3) is 4.81.